The van der Waals surface area contributed by atoms with Gasteiger partial charge in [0.15, 0.2) is 0 Å². The first-order chi connectivity index (χ1) is 9.37. The van der Waals surface area contributed by atoms with E-state index in [-0.39, 0.29) is 12.1 Å². The van der Waals surface area contributed by atoms with Gasteiger partial charge in [0.1, 0.15) is 5.60 Å². The van der Waals surface area contributed by atoms with E-state index in [0.29, 0.717) is 5.69 Å². The summed E-state index contributed by atoms with van der Waals surface area (Å²) in [4.78, 5) is 14.3. The van der Waals surface area contributed by atoms with Gasteiger partial charge in [0, 0.05) is 17.4 Å². The lowest BCUT2D eigenvalue weighted by molar-refractivity contribution is 0.0566. The number of anilines is 2. The zero-order valence-corrected chi connectivity index (χ0v) is 12.6. The fourth-order valence-electron chi connectivity index (χ4n) is 2.61. The molecule has 0 aromatic heterocycles. The molecule has 0 unspecified atom stereocenters. The Balaban J connectivity index is 2.27. The molecule has 1 aromatic rings. The van der Waals surface area contributed by atoms with E-state index in [9.17, 15) is 4.79 Å². The number of carbonyl (C=O) groups is 1. The largest absolute Gasteiger partial charge is 0.443 e. The fraction of sp³-hybridized carbons (Fsp3) is 0.562. The van der Waals surface area contributed by atoms with Crippen molar-refractivity contribution in [3.8, 4) is 0 Å². The SMILES string of the molecule is CC(C)(C)OC(=O)N(c1cccc(N)c1)C1CCCC1. The molecule has 110 valence electrons. The first kappa shape index (κ1) is 14.7. The van der Waals surface area contributed by atoms with Gasteiger partial charge in [0.05, 0.1) is 0 Å². The average molecular weight is 276 g/mol. The molecule has 1 amide bonds. The van der Waals surface area contributed by atoms with Crippen molar-refractivity contribution in [2.75, 3.05) is 10.6 Å². The molecule has 2 N–H and O–H groups in total. The number of nitrogens with zero attached hydrogens (tertiary/aromatic N) is 1. The van der Waals surface area contributed by atoms with Crippen LogP contribution in [0.3, 0.4) is 0 Å². The van der Waals surface area contributed by atoms with E-state index in [1.165, 1.54) is 0 Å². The van der Waals surface area contributed by atoms with Gasteiger partial charge in [-0.25, -0.2) is 4.79 Å². The predicted molar refractivity (Wildman–Crippen MR) is 81.8 cm³/mol. The maximum absolute atomic E-state index is 12.5. The van der Waals surface area contributed by atoms with E-state index in [1.807, 2.05) is 45.0 Å². The lowest BCUT2D eigenvalue weighted by Gasteiger charge is -2.31. The van der Waals surface area contributed by atoms with E-state index in [2.05, 4.69) is 0 Å². The minimum Gasteiger partial charge on any atom is -0.443 e. The number of nitrogens with two attached hydrogens (primary N) is 1. The topological polar surface area (TPSA) is 55.6 Å². The number of carbonyl (C=O) groups excluding carboxylic acids is 1. The van der Waals surface area contributed by atoms with Gasteiger partial charge in [0.2, 0.25) is 0 Å². The van der Waals surface area contributed by atoms with Crippen molar-refractivity contribution in [3.05, 3.63) is 24.3 Å². The molecular weight excluding hydrogens is 252 g/mol. The van der Waals surface area contributed by atoms with Crippen LogP contribution >= 0.6 is 0 Å². The van der Waals surface area contributed by atoms with Gasteiger partial charge in [-0.05, 0) is 51.8 Å². The fourth-order valence-corrected chi connectivity index (χ4v) is 2.61. The van der Waals surface area contributed by atoms with Crippen LogP contribution in [0.2, 0.25) is 0 Å². The van der Waals surface area contributed by atoms with Crippen LogP contribution in [0.4, 0.5) is 16.2 Å². The van der Waals surface area contributed by atoms with Gasteiger partial charge in [-0.3, -0.25) is 4.90 Å². The van der Waals surface area contributed by atoms with Crippen LogP contribution in [-0.2, 0) is 4.74 Å². The monoisotopic (exact) mass is 276 g/mol. The third-order valence-corrected chi connectivity index (χ3v) is 3.43. The van der Waals surface area contributed by atoms with Crippen LogP contribution in [0, 0.1) is 0 Å². The quantitative estimate of drug-likeness (QED) is 0.832. The highest BCUT2D eigenvalue weighted by atomic mass is 16.6. The lowest BCUT2D eigenvalue weighted by Crippen LogP contribution is -2.42. The summed E-state index contributed by atoms with van der Waals surface area (Å²) in [5, 5.41) is 0. The average Bonchev–Trinajstić information content (AvgIpc) is 2.80. The lowest BCUT2D eigenvalue weighted by atomic mass is 10.1. The summed E-state index contributed by atoms with van der Waals surface area (Å²) in [6.07, 6.45) is 4.08. The molecule has 1 aliphatic rings. The number of hydrogen-bond acceptors (Lipinski definition) is 3. The van der Waals surface area contributed by atoms with Crippen molar-refractivity contribution in [1.82, 2.24) is 0 Å². The summed E-state index contributed by atoms with van der Waals surface area (Å²) < 4.78 is 5.55. The Morgan fingerprint density at radius 3 is 2.50 bits per heavy atom. The van der Waals surface area contributed by atoms with Gasteiger partial charge >= 0.3 is 6.09 Å². The van der Waals surface area contributed by atoms with Crippen LogP contribution in [0.1, 0.15) is 46.5 Å². The van der Waals surface area contributed by atoms with E-state index in [4.69, 9.17) is 10.5 Å². The molecular formula is C16H24N2O2. The third-order valence-electron chi connectivity index (χ3n) is 3.43. The molecule has 1 fully saturated rings. The minimum atomic E-state index is -0.492. The zero-order valence-electron chi connectivity index (χ0n) is 12.6. The second-order valence-electron chi connectivity index (χ2n) is 6.38. The molecule has 0 bridgehead atoms. The Labute approximate surface area is 120 Å². The Morgan fingerprint density at radius 1 is 1.30 bits per heavy atom. The van der Waals surface area contributed by atoms with E-state index >= 15 is 0 Å². The molecule has 2 rings (SSSR count). The van der Waals surface area contributed by atoms with Gasteiger partial charge in [0.25, 0.3) is 0 Å². The Hall–Kier alpha value is -1.71. The van der Waals surface area contributed by atoms with Crippen molar-refractivity contribution in [1.29, 1.82) is 0 Å². The molecule has 0 heterocycles. The van der Waals surface area contributed by atoms with Crippen molar-refractivity contribution in [3.63, 3.8) is 0 Å². The van der Waals surface area contributed by atoms with Crippen molar-refractivity contribution in [2.45, 2.75) is 58.1 Å². The van der Waals surface area contributed by atoms with Crippen LogP contribution in [-0.4, -0.2) is 17.7 Å². The molecule has 4 heteroatoms. The molecule has 20 heavy (non-hydrogen) atoms. The zero-order chi connectivity index (χ0) is 14.8. The summed E-state index contributed by atoms with van der Waals surface area (Å²) in [6.45, 7) is 5.66. The van der Waals surface area contributed by atoms with E-state index in [1.54, 1.807) is 4.90 Å². The van der Waals surface area contributed by atoms with Crippen LogP contribution in [0.25, 0.3) is 0 Å². The van der Waals surface area contributed by atoms with E-state index < -0.39 is 5.60 Å². The molecule has 4 nitrogen and oxygen atoms in total. The molecule has 0 aliphatic heterocycles. The van der Waals surface area contributed by atoms with Gasteiger partial charge in [-0.1, -0.05) is 18.9 Å². The van der Waals surface area contributed by atoms with Crippen molar-refractivity contribution >= 4 is 17.5 Å². The maximum Gasteiger partial charge on any atom is 0.415 e. The van der Waals surface area contributed by atoms with Gasteiger partial charge in [-0.2, -0.15) is 0 Å². The van der Waals surface area contributed by atoms with Gasteiger partial charge in [-0.15, -0.1) is 0 Å². The van der Waals surface area contributed by atoms with Crippen molar-refractivity contribution in [2.24, 2.45) is 0 Å². The molecule has 1 aromatic carbocycles. The highest BCUT2D eigenvalue weighted by Gasteiger charge is 2.31. The second kappa shape index (κ2) is 5.73. The number of ether oxygens (including phenoxy) is 1. The molecule has 1 aliphatic carbocycles. The Bertz CT molecular complexity index is 474. The highest BCUT2D eigenvalue weighted by Crippen LogP contribution is 2.30. The Morgan fingerprint density at radius 2 is 1.95 bits per heavy atom. The predicted octanol–water partition coefficient (Wildman–Crippen LogP) is 3.95. The number of hydrogen-bond donors (Lipinski definition) is 1. The second-order valence-corrected chi connectivity index (χ2v) is 6.38. The summed E-state index contributed by atoms with van der Waals surface area (Å²) in [5.74, 6) is 0. The Kier molecular flexibility index (Phi) is 4.21. The molecule has 0 spiro atoms. The van der Waals surface area contributed by atoms with Gasteiger partial charge < -0.3 is 10.5 Å². The highest BCUT2D eigenvalue weighted by molar-refractivity contribution is 5.89. The summed E-state index contributed by atoms with van der Waals surface area (Å²) >= 11 is 0. The molecule has 0 radical (unpaired) electrons. The maximum atomic E-state index is 12.5. The smallest absolute Gasteiger partial charge is 0.415 e. The standard InChI is InChI=1S/C16H24N2O2/c1-16(2,3)20-15(19)18(13-8-4-5-9-13)14-10-6-7-12(17)11-14/h6-7,10-11,13H,4-5,8-9,17H2,1-3H3. The first-order valence-corrected chi connectivity index (χ1v) is 7.24. The number of benzene rings is 1. The summed E-state index contributed by atoms with van der Waals surface area (Å²) in [7, 11) is 0. The summed E-state index contributed by atoms with van der Waals surface area (Å²) in [5.41, 5.74) is 6.84. The van der Waals surface area contributed by atoms with Crippen molar-refractivity contribution < 1.29 is 9.53 Å². The minimum absolute atomic E-state index is 0.214. The van der Waals surface area contributed by atoms with E-state index in [0.717, 1.165) is 31.4 Å². The first-order valence-electron chi connectivity index (χ1n) is 7.24. The number of rotatable bonds is 2. The third kappa shape index (κ3) is 3.65. The van der Waals surface area contributed by atoms with Crippen LogP contribution in [0.15, 0.2) is 24.3 Å². The number of nitrogen functional groups attached to an aromatic ring is 1. The number of amides is 1. The van der Waals surface area contributed by atoms with Crippen LogP contribution < -0.4 is 10.6 Å². The summed E-state index contributed by atoms with van der Waals surface area (Å²) in [6, 6.07) is 7.66. The van der Waals surface area contributed by atoms with Crippen LogP contribution in [0.5, 0.6) is 0 Å². The normalized spacial score (nSPS) is 16.1. The molecule has 1 saturated carbocycles. The molecule has 0 saturated heterocycles. The molecule has 0 atom stereocenters.